The minimum Gasteiger partial charge on any atom is -0.494 e. The second-order valence-corrected chi connectivity index (χ2v) is 10.2. The van der Waals surface area contributed by atoms with Crippen LogP contribution in [0.2, 0.25) is 0 Å². The first-order valence-electron chi connectivity index (χ1n) is 12.6. The number of nitrogens with one attached hydrogen (secondary N) is 1. The molecule has 3 aromatic carbocycles. The van der Waals surface area contributed by atoms with Gasteiger partial charge in [0.05, 0.1) is 6.61 Å². The van der Waals surface area contributed by atoms with Crippen molar-refractivity contribution in [3.63, 3.8) is 0 Å². The van der Waals surface area contributed by atoms with E-state index in [2.05, 4.69) is 11.4 Å². The fourth-order valence-electron chi connectivity index (χ4n) is 4.09. The molecule has 0 bridgehead atoms. The maximum atomic E-state index is 13.6. The van der Waals surface area contributed by atoms with Gasteiger partial charge in [0.2, 0.25) is 11.8 Å². The largest absolute Gasteiger partial charge is 0.494 e. The van der Waals surface area contributed by atoms with Gasteiger partial charge < -0.3 is 15.0 Å². The molecule has 1 atom stereocenters. The van der Waals surface area contributed by atoms with Gasteiger partial charge in [0.15, 0.2) is 0 Å². The maximum absolute atomic E-state index is 13.6. The Morgan fingerprint density at radius 3 is 2.17 bits per heavy atom. The van der Waals surface area contributed by atoms with Gasteiger partial charge in [-0.15, -0.1) is 0 Å². The lowest BCUT2D eigenvalue weighted by Gasteiger charge is -2.34. The molecule has 0 saturated carbocycles. The van der Waals surface area contributed by atoms with Crippen LogP contribution in [-0.2, 0) is 22.6 Å². The summed E-state index contributed by atoms with van der Waals surface area (Å²) >= 11 is 0. The van der Waals surface area contributed by atoms with Crippen LogP contribution in [0.5, 0.6) is 5.75 Å². The predicted octanol–water partition coefficient (Wildman–Crippen LogP) is 5.71. The molecule has 2 amide bonds. The topological polar surface area (TPSA) is 58.6 Å². The summed E-state index contributed by atoms with van der Waals surface area (Å²) in [4.78, 5) is 28.9. The molecule has 0 fully saturated rings. The highest BCUT2D eigenvalue weighted by Crippen LogP contribution is 2.18. The quantitative estimate of drug-likeness (QED) is 0.353. The van der Waals surface area contributed by atoms with Crippen molar-refractivity contribution in [3.05, 3.63) is 102 Å². The number of rotatable bonds is 11. The Bertz CT molecular complexity index is 1110. The second kappa shape index (κ2) is 12.9. The van der Waals surface area contributed by atoms with Crippen molar-refractivity contribution in [2.45, 2.75) is 65.1 Å². The monoisotopic (exact) mass is 486 g/mol. The molecule has 5 heteroatoms. The van der Waals surface area contributed by atoms with E-state index in [4.69, 9.17) is 4.74 Å². The molecule has 1 N–H and O–H groups in total. The Morgan fingerprint density at radius 2 is 1.53 bits per heavy atom. The first kappa shape index (κ1) is 27.0. The number of carbonyl (C=O) groups is 2. The van der Waals surface area contributed by atoms with E-state index in [9.17, 15) is 9.59 Å². The number of hydrogen-bond acceptors (Lipinski definition) is 3. The molecule has 5 nitrogen and oxygen atoms in total. The Balaban J connectivity index is 1.82. The summed E-state index contributed by atoms with van der Waals surface area (Å²) in [5.41, 5.74) is 2.73. The molecule has 0 saturated heterocycles. The van der Waals surface area contributed by atoms with E-state index in [0.717, 1.165) is 22.4 Å². The van der Waals surface area contributed by atoms with Crippen LogP contribution >= 0.6 is 0 Å². The standard InChI is InChI=1S/C31H38N2O3/c1-24-13-11-16-26(21-24)23-33(29(34)19-12-20-36-27-17-9-6-10-18-27)28(30(35)32-31(2,3)4)22-25-14-7-5-8-15-25/h5-11,13-18,21,28H,12,19-20,22-23H2,1-4H3,(H,32,35)/t28-/m1/s1. The zero-order valence-electron chi connectivity index (χ0n) is 21.9. The molecule has 0 radical (unpaired) electrons. The van der Waals surface area contributed by atoms with E-state index >= 15 is 0 Å². The minimum absolute atomic E-state index is 0.0573. The molecular weight excluding hydrogens is 448 g/mol. The Labute approximate surface area is 215 Å². The molecule has 0 spiro atoms. The van der Waals surface area contributed by atoms with Gasteiger partial charge >= 0.3 is 0 Å². The zero-order chi connectivity index (χ0) is 26.0. The van der Waals surface area contributed by atoms with Gasteiger partial charge in [-0.2, -0.15) is 0 Å². The third kappa shape index (κ3) is 8.88. The smallest absolute Gasteiger partial charge is 0.243 e. The van der Waals surface area contributed by atoms with Gasteiger partial charge in [0.25, 0.3) is 0 Å². The molecule has 36 heavy (non-hydrogen) atoms. The number of benzene rings is 3. The van der Waals surface area contributed by atoms with Gasteiger partial charge in [-0.05, 0) is 57.4 Å². The van der Waals surface area contributed by atoms with Crippen molar-refractivity contribution >= 4 is 11.8 Å². The van der Waals surface area contributed by atoms with Crippen LogP contribution < -0.4 is 10.1 Å². The van der Waals surface area contributed by atoms with Crippen LogP contribution in [0.15, 0.2) is 84.9 Å². The average Bonchev–Trinajstić information content (AvgIpc) is 2.84. The maximum Gasteiger partial charge on any atom is 0.243 e. The summed E-state index contributed by atoms with van der Waals surface area (Å²) in [5, 5.41) is 3.10. The van der Waals surface area contributed by atoms with Crippen LogP contribution in [0.3, 0.4) is 0 Å². The van der Waals surface area contributed by atoms with Gasteiger partial charge in [0.1, 0.15) is 11.8 Å². The van der Waals surface area contributed by atoms with E-state index < -0.39 is 11.6 Å². The van der Waals surface area contributed by atoms with Gasteiger partial charge in [-0.1, -0.05) is 78.4 Å². The van der Waals surface area contributed by atoms with E-state index in [-0.39, 0.29) is 11.8 Å². The van der Waals surface area contributed by atoms with Gasteiger partial charge in [-0.25, -0.2) is 0 Å². The lowest BCUT2D eigenvalue weighted by molar-refractivity contribution is -0.142. The van der Waals surface area contributed by atoms with Gasteiger partial charge in [-0.3, -0.25) is 9.59 Å². The molecule has 3 aromatic rings. The number of nitrogens with zero attached hydrogens (tertiary/aromatic N) is 1. The number of hydrogen-bond donors (Lipinski definition) is 1. The Morgan fingerprint density at radius 1 is 0.889 bits per heavy atom. The van der Waals surface area contributed by atoms with Crippen LogP contribution in [0.4, 0.5) is 0 Å². The molecule has 0 aliphatic rings. The third-order valence-electron chi connectivity index (χ3n) is 5.75. The minimum atomic E-state index is -0.630. The number of ether oxygens (including phenoxy) is 1. The van der Waals surface area contributed by atoms with Crippen molar-refractivity contribution in [1.29, 1.82) is 0 Å². The molecule has 0 unspecified atom stereocenters. The number of amides is 2. The molecule has 0 aliphatic carbocycles. The lowest BCUT2D eigenvalue weighted by Crippen LogP contribution is -2.54. The molecule has 3 rings (SSSR count). The average molecular weight is 487 g/mol. The highest BCUT2D eigenvalue weighted by atomic mass is 16.5. The van der Waals surface area contributed by atoms with Crippen LogP contribution in [0.25, 0.3) is 0 Å². The highest BCUT2D eigenvalue weighted by Gasteiger charge is 2.32. The summed E-state index contributed by atoms with van der Waals surface area (Å²) < 4.78 is 5.79. The van der Waals surface area contributed by atoms with E-state index in [1.165, 1.54) is 0 Å². The van der Waals surface area contributed by atoms with E-state index in [0.29, 0.717) is 32.4 Å². The van der Waals surface area contributed by atoms with Gasteiger partial charge in [0, 0.05) is 24.9 Å². The normalized spacial score (nSPS) is 12.0. The molecule has 190 valence electrons. The summed E-state index contributed by atoms with van der Waals surface area (Å²) in [6.07, 6.45) is 1.31. The van der Waals surface area contributed by atoms with Crippen molar-refractivity contribution < 1.29 is 14.3 Å². The van der Waals surface area contributed by atoms with E-state index in [1.54, 1.807) is 4.90 Å². The lowest BCUT2D eigenvalue weighted by atomic mass is 10.00. The summed E-state index contributed by atoms with van der Waals surface area (Å²) in [6, 6.07) is 26.9. The summed E-state index contributed by atoms with van der Waals surface area (Å²) in [5.74, 6) is 0.583. The molecular formula is C31H38N2O3. The predicted molar refractivity (Wildman–Crippen MR) is 145 cm³/mol. The summed E-state index contributed by atoms with van der Waals surface area (Å²) in [7, 11) is 0. The van der Waals surface area contributed by atoms with Crippen LogP contribution in [0, 0.1) is 6.92 Å². The van der Waals surface area contributed by atoms with Crippen molar-refractivity contribution in [2.24, 2.45) is 0 Å². The van der Waals surface area contributed by atoms with Crippen molar-refractivity contribution in [1.82, 2.24) is 10.2 Å². The fourth-order valence-corrected chi connectivity index (χ4v) is 4.09. The molecule has 0 aliphatic heterocycles. The third-order valence-corrected chi connectivity index (χ3v) is 5.75. The molecule has 0 heterocycles. The Hall–Kier alpha value is -3.60. The SMILES string of the molecule is Cc1cccc(CN(C(=O)CCCOc2ccccc2)[C@H](Cc2ccccc2)C(=O)NC(C)(C)C)c1. The van der Waals surface area contributed by atoms with Crippen molar-refractivity contribution in [2.75, 3.05) is 6.61 Å². The Kier molecular flexibility index (Phi) is 9.69. The van der Waals surface area contributed by atoms with Crippen molar-refractivity contribution in [3.8, 4) is 5.75 Å². The second-order valence-electron chi connectivity index (χ2n) is 10.2. The number of carbonyl (C=O) groups excluding carboxylic acids is 2. The van der Waals surface area contributed by atoms with Crippen LogP contribution in [-0.4, -0.2) is 34.9 Å². The van der Waals surface area contributed by atoms with E-state index in [1.807, 2.05) is 107 Å². The fraction of sp³-hybridized carbons (Fsp3) is 0.355. The molecule has 0 aromatic heterocycles. The highest BCUT2D eigenvalue weighted by molar-refractivity contribution is 5.88. The number of aryl methyl sites for hydroxylation is 1. The first-order chi connectivity index (χ1) is 17.2. The number of para-hydroxylation sites is 1. The first-order valence-corrected chi connectivity index (χ1v) is 12.6. The summed E-state index contributed by atoms with van der Waals surface area (Å²) in [6.45, 7) is 8.71. The zero-order valence-corrected chi connectivity index (χ0v) is 21.9. The van der Waals surface area contributed by atoms with Crippen LogP contribution in [0.1, 0.15) is 50.3 Å².